The van der Waals surface area contributed by atoms with Gasteiger partial charge in [0.05, 0.1) is 44.4 Å². The quantitative estimate of drug-likeness (QED) is 0.0158. The van der Waals surface area contributed by atoms with Crippen LogP contribution in [0.15, 0.2) is 85.1 Å². The van der Waals surface area contributed by atoms with Crippen LogP contribution in [0.5, 0.6) is 5.75 Å². The first-order chi connectivity index (χ1) is 46.7. The molecule has 0 saturated carbocycles. The Morgan fingerprint density at radius 3 is 1.35 bits per heavy atom. The number of aromatic amines is 1. The molecule has 1 aliphatic heterocycles. The molecule has 8 amide bonds. The second-order valence-electron chi connectivity index (χ2n) is 24.3. The van der Waals surface area contributed by atoms with Crippen molar-refractivity contribution in [3.63, 3.8) is 0 Å². The number of amides is 8. The largest absolute Gasteiger partial charge is 0.508 e. The smallest absolute Gasteiger partial charge is 0.317 e. The average Bonchev–Trinajstić information content (AvgIpc) is 1.76. The van der Waals surface area contributed by atoms with Crippen molar-refractivity contribution in [1.29, 1.82) is 0 Å². The maximum absolute atomic E-state index is 15.0. The molecule has 10 atom stereocenters. The van der Waals surface area contributed by atoms with E-state index in [4.69, 9.17) is 5.73 Å². The van der Waals surface area contributed by atoms with E-state index in [9.17, 15) is 78.6 Å². The number of aromatic nitrogens is 1. The number of nitrogens with one attached hydrogen (secondary N) is 9. The molecule has 31 nitrogen and oxygen atoms in total. The van der Waals surface area contributed by atoms with Crippen molar-refractivity contribution in [2.45, 2.75) is 120 Å². The van der Waals surface area contributed by atoms with Crippen molar-refractivity contribution >= 4 is 101 Å². The predicted octanol–water partition coefficient (Wildman–Crippen LogP) is -2.97. The van der Waals surface area contributed by atoms with Crippen molar-refractivity contribution < 1.29 is 120 Å². The molecule has 1 fully saturated rings. The van der Waals surface area contributed by atoms with Crippen LogP contribution in [0.4, 0.5) is 0 Å². The second kappa shape index (κ2) is 43.5. The third-order valence-electron chi connectivity index (χ3n) is 16.4. The minimum atomic E-state index is -1.68. The van der Waals surface area contributed by atoms with Crippen molar-refractivity contribution in [3.05, 3.63) is 102 Å². The standard InChI is InChI=1S/C65H94N14O17S2.Lu/c1-39(40(2)80)68-63(94)52(37-97)74-65(96)58(41(3)81)75-59(90)48(15-9-10-20-66)70-62(93)51(31-44-32-67-47-14-8-7-13-46(44)47)72-61(92)50(30-43-16-18-45(82)19-17-43)71-64(95)53(38-98)73-60(91)49(29-42-11-5-4-6-12-42)69-54(83)33-76-21-23-77(34-55(84)85)25-27-79(36-57(88)89)28-26-78(24-22-76)35-56(86)87;/h4-8,11-14,16-19,32,39-41,48-53,58,67,80-82,97-98H,9-10,15,20-31,33-38,66H2,1-3H3,(H,68,94)(H,69,83)(H,70,93)(H,71,95)(H,72,92)(H,73,91)(H,74,96)(H,75,90)(H,84,85)(H,86,87)(H,88,89);/t39-,40-,41-,48+,49-,50+,51-,52+,53+,58+;/m1./s1/i;1+2. The number of rotatable bonds is 37. The zero-order chi connectivity index (χ0) is 72.0. The molecule has 1 radical (unpaired) electrons. The number of carboxylic acids is 3. The maximum atomic E-state index is 15.0. The van der Waals surface area contributed by atoms with Crippen molar-refractivity contribution in [1.82, 2.24) is 67.1 Å². The van der Waals surface area contributed by atoms with Crippen LogP contribution in [0.1, 0.15) is 56.7 Å². The van der Waals surface area contributed by atoms with Crippen LogP contribution in [-0.4, -0.2) is 278 Å². The van der Waals surface area contributed by atoms with Gasteiger partial charge in [0.2, 0.25) is 47.3 Å². The van der Waals surface area contributed by atoms with Gasteiger partial charge in [0.15, 0.2) is 0 Å². The number of carboxylic acid groups (broad SMARTS) is 3. The van der Waals surface area contributed by atoms with Gasteiger partial charge in [-0.2, -0.15) is 25.3 Å². The molecule has 553 valence electrons. The summed E-state index contributed by atoms with van der Waals surface area (Å²) in [7, 11) is 0. The summed E-state index contributed by atoms with van der Waals surface area (Å²) >= 11 is 8.62. The van der Waals surface area contributed by atoms with Gasteiger partial charge in [0.25, 0.3) is 0 Å². The van der Waals surface area contributed by atoms with Crippen LogP contribution in [0.25, 0.3) is 10.9 Å². The number of thiol groups is 2. The average molecular weight is 1580 g/mol. The number of aliphatic hydroxyl groups excluding tert-OH is 2. The number of carbonyl (C=O) groups excluding carboxylic acids is 8. The van der Waals surface area contributed by atoms with Gasteiger partial charge in [-0.05, 0) is 81.5 Å². The zero-order valence-electron chi connectivity index (χ0n) is 55.4. The van der Waals surface area contributed by atoms with E-state index in [0.717, 1.165) is 0 Å². The third-order valence-corrected chi connectivity index (χ3v) is 17.1. The van der Waals surface area contributed by atoms with Crippen LogP contribution in [0.3, 0.4) is 0 Å². The van der Waals surface area contributed by atoms with Crippen molar-refractivity contribution in [2.75, 3.05) is 96.6 Å². The number of aliphatic carboxylic acids is 3. The molecule has 2 heterocycles. The van der Waals surface area contributed by atoms with Crippen molar-refractivity contribution in [3.8, 4) is 5.75 Å². The molecule has 34 heteroatoms. The fourth-order valence-corrected chi connectivity index (χ4v) is 11.2. The first kappa shape index (κ1) is 84.2. The summed E-state index contributed by atoms with van der Waals surface area (Å²) < 4.78 is 0. The van der Waals surface area contributed by atoms with E-state index in [1.807, 2.05) is 0 Å². The third kappa shape index (κ3) is 29.5. The molecule has 1 aliphatic rings. The Balaban J connectivity index is 0.0000208. The first-order valence-corrected chi connectivity index (χ1v) is 33.5. The number of hydrogen-bond donors (Lipinski definition) is 18. The molecule has 0 bridgehead atoms. The van der Waals surface area contributed by atoms with E-state index >= 15 is 4.79 Å². The summed E-state index contributed by atoms with van der Waals surface area (Å²) in [6.45, 7) is 3.91. The van der Waals surface area contributed by atoms with E-state index in [0.29, 0.717) is 34.0 Å². The Hall–Kier alpha value is -7.18. The number of aliphatic hydroxyl groups is 2. The molecule has 0 unspecified atom stereocenters. The molecule has 3 aromatic carbocycles. The van der Waals surface area contributed by atoms with E-state index in [-0.39, 0.29) is 158 Å². The van der Waals surface area contributed by atoms with Crippen molar-refractivity contribution in [2.24, 2.45) is 5.73 Å². The molecule has 0 aliphatic carbocycles. The van der Waals surface area contributed by atoms with Gasteiger partial charge in [0, 0.05) is 137 Å². The minimum Gasteiger partial charge on any atom is -0.508 e. The number of fused-ring (bicyclic) bond motifs is 1. The molecule has 1 aromatic heterocycles. The monoisotopic (exact) mass is 1580 g/mol. The summed E-state index contributed by atoms with van der Waals surface area (Å²) in [5.41, 5.74) is 8.09. The van der Waals surface area contributed by atoms with Gasteiger partial charge in [-0.25, -0.2) is 0 Å². The number of phenols is 1. The number of carbonyl (C=O) groups is 11. The molecule has 5 rings (SSSR count). The second-order valence-corrected chi connectivity index (χ2v) is 25.0. The van der Waals surface area contributed by atoms with E-state index in [1.54, 1.807) is 87.3 Å². The van der Waals surface area contributed by atoms with E-state index in [1.165, 1.54) is 38.1 Å². The number of unbranched alkanes of at least 4 members (excludes halogenated alkanes) is 1. The normalized spacial score (nSPS) is 16.6. The number of hydrogen-bond acceptors (Lipinski definition) is 21. The molecule has 4 aromatic rings. The van der Waals surface area contributed by atoms with Crippen LogP contribution >= 0.6 is 25.3 Å². The van der Waals surface area contributed by atoms with Crippen LogP contribution < -0.4 is 48.3 Å². The summed E-state index contributed by atoms with van der Waals surface area (Å²) in [4.78, 5) is 160. The molecular weight excluding hydrogens is 1490 g/mol. The molecular formula is C65H94LuN14O17S2. The van der Waals surface area contributed by atoms with Gasteiger partial charge in [-0.1, -0.05) is 60.7 Å². The number of nitrogens with zero attached hydrogens (tertiary/aromatic N) is 4. The Morgan fingerprint density at radius 1 is 0.475 bits per heavy atom. The van der Waals surface area contributed by atoms with E-state index in [2.05, 4.69) is 72.8 Å². The predicted molar refractivity (Wildman–Crippen MR) is 368 cm³/mol. The van der Waals surface area contributed by atoms with Gasteiger partial charge < -0.3 is 83.9 Å². The fraction of sp³-hybridized carbons (Fsp3) is 0.523. The SMILES string of the molecule is C[C@@H](O)[C@H](NC(=O)[C@H](CCCCN)NC(=O)[C@@H](Cc1c[nH]c2ccccc12)NC(=O)[C@H](Cc1ccc(O)cc1)NC(=O)[C@H](CS)NC(=O)[C@@H](Cc1ccccc1)NC(=O)CN1CCN(CC(=O)O)CCN(CC(=O)O)CCN(CC(=O)O)CC1)C(=O)N[C@@H](CS)C(=O)N[C@H](C)[C@@H](C)O.[177Lu]. The van der Waals surface area contributed by atoms with Crippen LogP contribution in [0.2, 0.25) is 0 Å². The molecule has 0 spiro atoms. The summed E-state index contributed by atoms with van der Waals surface area (Å²) in [6, 6.07) is 10.5. The number of H-pyrrole nitrogens is 1. The van der Waals surface area contributed by atoms with Crippen LogP contribution in [-0.2, 0) is 72.0 Å². The van der Waals surface area contributed by atoms with Crippen LogP contribution in [0, 0.1) is 36.9 Å². The molecule has 99 heavy (non-hydrogen) atoms. The summed E-state index contributed by atoms with van der Waals surface area (Å²) in [5, 5.41) is 81.9. The molecule has 17 N–H and O–H groups in total. The Kier molecular flexibility index (Phi) is 37.0. The van der Waals surface area contributed by atoms with Gasteiger partial charge in [0.1, 0.15) is 48.0 Å². The van der Waals surface area contributed by atoms with E-state index < -0.39 is 139 Å². The summed E-state index contributed by atoms with van der Waals surface area (Å²) in [5.74, 6) is -10.9. The topological polar surface area (TPSA) is 460 Å². The number of phenolic OH excluding ortho intramolecular Hbond substituents is 1. The zero-order valence-corrected chi connectivity index (χ0v) is 58.8. The number of nitrogens with two attached hydrogens (primary N) is 1. The molecule has 1 saturated heterocycles. The van der Waals surface area contributed by atoms with Gasteiger partial charge in [-0.15, -0.1) is 0 Å². The van der Waals surface area contributed by atoms with Gasteiger partial charge in [-0.3, -0.25) is 72.3 Å². The Bertz CT molecular complexity index is 3270. The minimum absolute atomic E-state index is 0. The Labute approximate surface area is 614 Å². The maximum Gasteiger partial charge on any atom is 0.317 e. The first-order valence-electron chi connectivity index (χ1n) is 32.3. The number of para-hydroxylation sites is 1. The number of aromatic hydroxyl groups is 1. The number of benzene rings is 3. The Morgan fingerprint density at radius 2 is 0.879 bits per heavy atom. The summed E-state index contributed by atoms with van der Waals surface area (Å²) in [6.07, 6.45) is -0.799. The fourth-order valence-electron chi connectivity index (χ4n) is 10.7. The van der Waals surface area contributed by atoms with Gasteiger partial charge >= 0.3 is 17.9 Å².